The van der Waals surface area contributed by atoms with Crippen molar-refractivity contribution in [3.63, 3.8) is 0 Å². The predicted octanol–water partition coefficient (Wildman–Crippen LogP) is 3.68. The molecule has 0 aliphatic heterocycles. The minimum Gasteiger partial charge on any atom is -0.493 e. The summed E-state index contributed by atoms with van der Waals surface area (Å²) < 4.78 is 12.1. The van der Waals surface area contributed by atoms with E-state index in [4.69, 9.17) is 9.47 Å². The summed E-state index contributed by atoms with van der Waals surface area (Å²) >= 11 is 0. The molecule has 1 heterocycles. The van der Waals surface area contributed by atoms with Gasteiger partial charge in [0.15, 0.2) is 11.9 Å². The molecule has 0 aliphatic carbocycles. The number of aryl methyl sites for hydroxylation is 2. The van der Waals surface area contributed by atoms with Gasteiger partial charge in [-0.1, -0.05) is 36.4 Å². The van der Waals surface area contributed by atoms with Crippen LogP contribution in [0.15, 0.2) is 54.7 Å². The van der Waals surface area contributed by atoms with Crippen LogP contribution in [0.1, 0.15) is 28.5 Å². The van der Waals surface area contributed by atoms with Crippen LogP contribution in [0.2, 0.25) is 0 Å². The number of esters is 1. The van der Waals surface area contributed by atoms with Gasteiger partial charge < -0.3 is 14.8 Å². The molecule has 0 fully saturated rings. The summed E-state index contributed by atoms with van der Waals surface area (Å²) in [7, 11) is 1.44. The molecule has 3 rings (SSSR count). The zero-order valence-electron chi connectivity index (χ0n) is 16.8. The second-order valence-corrected chi connectivity index (χ2v) is 6.63. The third kappa shape index (κ3) is 4.45. The van der Waals surface area contributed by atoms with Gasteiger partial charge in [0.1, 0.15) is 0 Å². The second-order valence-electron chi connectivity index (χ2n) is 6.63. The molecule has 7 nitrogen and oxygen atoms in total. The first kappa shape index (κ1) is 20.1. The molecule has 0 radical (unpaired) electrons. The normalized spacial score (nSPS) is 11.6. The number of hydrogen-bond acceptors (Lipinski definition) is 5. The van der Waals surface area contributed by atoms with Gasteiger partial charge in [0.05, 0.1) is 19.0 Å². The molecule has 150 valence electrons. The van der Waals surface area contributed by atoms with E-state index < -0.39 is 18.0 Å². The van der Waals surface area contributed by atoms with Gasteiger partial charge in [-0.2, -0.15) is 5.10 Å². The van der Waals surface area contributed by atoms with Crippen molar-refractivity contribution in [2.45, 2.75) is 26.9 Å². The van der Waals surface area contributed by atoms with Crippen LogP contribution in [0.25, 0.3) is 5.69 Å². The Labute approximate surface area is 169 Å². The first-order chi connectivity index (χ1) is 13.9. The topological polar surface area (TPSA) is 82.5 Å². The lowest BCUT2D eigenvalue weighted by atomic mass is 10.1. The second kappa shape index (κ2) is 8.60. The van der Waals surface area contributed by atoms with Crippen LogP contribution in [0, 0.1) is 13.8 Å². The summed E-state index contributed by atoms with van der Waals surface area (Å²) in [5.41, 5.74) is 3.35. The van der Waals surface area contributed by atoms with Crippen LogP contribution in [0.3, 0.4) is 0 Å². The number of anilines is 1. The first-order valence-electron chi connectivity index (χ1n) is 9.18. The molecule has 0 saturated heterocycles. The molecule has 1 N–H and O–H groups in total. The fraction of sp³-hybridized carbons (Fsp3) is 0.227. The summed E-state index contributed by atoms with van der Waals surface area (Å²) in [4.78, 5) is 25.1. The summed E-state index contributed by atoms with van der Waals surface area (Å²) in [5, 5.41) is 7.08. The molecule has 3 aromatic rings. The van der Waals surface area contributed by atoms with Crippen LogP contribution < -0.4 is 10.1 Å². The molecular formula is C22H23N3O4. The zero-order chi connectivity index (χ0) is 21.0. The summed E-state index contributed by atoms with van der Waals surface area (Å²) in [6.07, 6.45) is 0.584. The van der Waals surface area contributed by atoms with E-state index in [1.54, 1.807) is 6.20 Å². The highest BCUT2D eigenvalue weighted by molar-refractivity contribution is 5.98. The predicted molar refractivity (Wildman–Crippen MR) is 110 cm³/mol. The number of hydrogen-bond donors (Lipinski definition) is 1. The van der Waals surface area contributed by atoms with Gasteiger partial charge in [0, 0.05) is 5.69 Å². The number of ether oxygens (including phenoxy) is 2. The Bertz CT molecular complexity index is 1010. The number of carbonyl (C=O) groups is 2. The van der Waals surface area contributed by atoms with Crippen LogP contribution in [0.5, 0.6) is 5.75 Å². The van der Waals surface area contributed by atoms with Gasteiger partial charge in [-0.15, -0.1) is 0 Å². The molecule has 2 aromatic carbocycles. The Balaban J connectivity index is 1.74. The number of para-hydroxylation sites is 2. The lowest BCUT2D eigenvalue weighted by Gasteiger charge is -2.16. The fourth-order valence-electron chi connectivity index (χ4n) is 2.87. The first-order valence-corrected chi connectivity index (χ1v) is 9.18. The lowest BCUT2D eigenvalue weighted by molar-refractivity contribution is -0.123. The summed E-state index contributed by atoms with van der Waals surface area (Å²) in [5.74, 6) is -0.890. The van der Waals surface area contributed by atoms with E-state index in [9.17, 15) is 9.59 Å². The minimum atomic E-state index is -1.01. The standard InChI is InChI=1S/C22H23N3O4/c1-14-9-8-10-15(2)19(14)23-21(26)16(3)29-22(27)20-18(28-4)13-25(24-20)17-11-6-5-7-12-17/h5-13,16H,1-4H3,(H,23,26)/t16-/m1/s1. The third-order valence-electron chi connectivity index (χ3n) is 4.50. The van der Waals surface area contributed by atoms with Crippen molar-refractivity contribution in [1.29, 1.82) is 0 Å². The Morgan fingerprint density at radius 2 is 1.69 bits per heavy atom. The average Bonchev–Trinajstić information content (AvgIpc) is 3.16. The molecule has 0 saturated carbocycles. The fourth-order valence-corrected chi connectivity index (χ4v) is 2.87. The van der Waals surface area contributed by atoms with E-state index in [1.807, 2.05) is 62.4 Å². The average molecular weight is 393 g/mol. The van der Waals surface area contributed by atoms with Crippen LogP contribution in [0.4, 0.5) is 5.69 Å². The SMILES string of the molecule is COc1cn(-c2ccccc2)nc1C(=O)O[C@H](C)C(=O)Nc1c(C)cccc1C. The highest BCUT2D eigenvalue weighted by Crippen LogP contribution is 2.22. The van der Waals surface area contributed by atoms with Crippen LogP contribution in [-0.4, -0.2) is 34.9 Å². The Morgan fingerprint density at radius 1 is 1.03 bits per heavy atom. The molecule has 0 spiro atoms. The molecule has 1 amide bonds. The third-order valence-corrected chi connectivity index (χ3v) is 4.50. The Hall–Kier alpha value is -3.61. The van der Waals surface area contributed by atoms with E-state index in [2.05, 4.69) is 10.4 Å². The monoisotopic (exact) mass is 393 g/mol. The highest BCUT2D eigenvalue weighted by atomic mass is 16.6. The number of benzene rings is 2. The van der Waals surface area contributed by atoms with E-state index in [0.29, 0.717) is 5.69 Å². The van der Waals surface area contributed by atoms with Crippen molar-refractivity contribution in [2.75, 3.05) is 12.4 Å². The number of aromatic nitrogens is 2. The van der Waals surface area contributed by atoms with Gasteiger partial charge in [-0.3, -0.25) is 4.79 Å². The molecule has 1 atom stereocenters. The van der Waals surface area contributed by atoms with Gasteiger partial charge in [-0.05, 0) is 44.0 Å². The Morgan fingerprint density at radius 3 is 2.31 bits per heavy atom. The van der Waals surface area contributed by atoms with Gasteiger partial charge >= 0.3 is 5.97 Å². The minimum absolute atomic E-state index is 0.00285. The number of carbonyl (C=O) groups excluding carboxylic acids is 2. The maximum atomic E-state index is 12.6. The molecule has 0 aliphatic rings. The highest BCUT2D eigenvalue weighted by Gasteiger charge is 2.25. The number of amides is 1. The largest absolute Gasteiger partial charge is 0.493 e. The van der Waals surface area contributed by atoms with E-state index in [0.717, 1.165) is 16.8 Å². The molecule has 1 aromatic heterocycles. The van der Waals surface area contributed by atoms with Crippen molar-refractivity contribution in [3.05, 3.63) is 71.5 Å². The quantitative estimate of drug-likeness (QED) is 0.646. The van der Waals surface area contributed by atoms with Crippen molar-refractivity contribution < 1.29 is 19.1 Å². The lowest BCUT2D eigenvalue weighted by Crippen LogP contribution is -2.30. The van der Waals surface area contributed by atoms with Gasteiger partial charge in [0.2, 0.25) is 5.69 Å². The molecule has 29 heavy (non-hydrogen) atoms. The van der Waals surface area contributed by atoms with E-state index >= 15 is 0 Å². The maximum absolute atomic E-state index is 12.6. The zero-order valence-corrected chi connectivity index (χ0v) is 16.8. The maximum Gasteiger partial charge on any atom is 0.363 e. The van der Waals surface area contributed by atoms with E-state index in [1.165, 1.54) is 18.7 Å². The summed E-state index contributed by atoms with van der Waals surface area (Å²) in [6.45, 7) is 5.32. The molecule has 7 heteroatoms. The van der Waals surface area contributed by atoms with Crippen LogP contribution >= 0.6 is 0 Å². The molecule has 0 bridgehead atoms. The smallest absolute Gasteiger partial charge is 0.363 e. The van der Waals surface area contributed by atoms with E-state index in [-0.39, 0.29) is 11.4 Å². The van der Waals surface area contributed by atoms with Crippen molar-refractivity contribution in [1.82, 2.24) is 9.78 Å². The van der Waals surface area contributed by atoms with Crippen molar-refractivity contribution in [2.24, 2.45) is 0 Å². The van der Waals surface area contributed by atoms with Crippen molar-refractivity contribution in [3.8, 4) is 11.4 Å². The Kier molecular flexibility index (Phi) is 5.97. The number of methoxy groups -OCH3 is 1. The van der Waals surface area contributed by atoms with Gasteiger partial charge in [-0.25, -0.2) is 9.48 Å². The summed E-state index contributed by atoms with van der Waals surface area (Å²) in [6, 6.07) is 15.0. The van der Waals surface area contributed by atoms with Gasteiger partial charge in [0.25, 0.3) is 5.91 Å². The molecular weight excluding hydrogens is 370 g/mol. The number of nitrogens with zero attached hydrogens (tertiary/aromatic N) is 2. The number of rotatable bonds is 6. The van der Waals surface area contributed by atoms with Crippen LogP contribution in [-0.2, 0) is 9.53 Å². The van der Waals surface area contributed by atoms with Crippen molar-refractivity contribution >= 4 is 17.6 Å². The molecule has 0 unspecified atom stereocenters. The number of nitrogens with one attached hydrogen (secondary N) is 1.